The molecule has 0 aliphatic heterocycles. The fourth-order valence-electron chi connectivity index (χ4n) is 1.06. The van der Waals surface area contributed by atoms with Crippen LogP contribution >= 0.6 is 31.9 Å². The van der Waals surface area contributed by atoms with Gasteiger partial charge in [0.1, 0.15) is 4.47 Å². The Hall–Kier alpha value is -0.990. The molecule has 8 heteroatoms. The number of hydrogen-bond acceptors (Lipinski definition) is 4. The van der Waals surface area contributed by atoms with Crippen molar-refractivity contribution in [3.63, 3.8) is 0 Å². The van der Waals surface area contributed by atoms with Crippen molar-refractivity contribution < 1.29 is 19.9 Å². The van der Waals surface area contributed by atoms with E-state index in [9.17, 15) is 20.0 Å². The largest absolute Gasteiger partial charge is 0.479 e. The van der Waals surface area contributed by atoms with E-state index in [-0.39, 0.29) is 15.7 Å². The summed E-state index contributed by atoms with van der Waals surface area (Å²) in [6.07, 6.45) is -1.81. The van der Waals surface area contributed by atoms with Gasteiger partial charge in [0.25, 0.3) is 5.69 Å². The Kier molecular flexibility index (Phi) is 4.00. The van der Waals surface area contributed by atoms with Gasteiger partial charge in [0.15, 0.2) is 6.10 Å². The van der Waals surface area contributed by atoms with Gasteiger partial charge in [0.05, 0.1) is 4.92 Å². The number of aliphatic hydroxyl groups is 1. The van der Waals surface area contributed by atoms with Crippen molar-refractivity contribution in [2.75, 3.05) is 0 Å². The average molecular weight is 355 g/mol. The number of aliphatic carboxylic acids is 1. The van der Waals surface area contributed by atoms with Crippen LogP contribution in [0.2, 0.25) is 0 Å². The van der Waals surface area contributed by atoms with Crippen molar-refractivity contribution in [1.82, 2.24) is 0 Å². The van der Waals surface area contributed by atoms with Crippen molar-refractivity contribution >= 4 is 43.5 Å². The van der Waals surface area contributed by atoms with E-state index in [4.69, 9.17) is 5.11 Å². The van der Waals surface area contributed by atoms with E-state index < -0.39 is 17.0 Å². The molecule has 1 rings (SSSR count). The number of aliphatic hydroxyl groups excluding tert-OH is 1. The fraction of sp³-hybridized carbons (Fsp3) is 0.125. The molecule has 1 aromatic rings. The fourth-order valence-corrected chi connectivity index (χ4v) is 2.11. The maximum absolute atomic E-state index is 10.6. The average Bonchev–Trinajstić information content (AvgIpc) is 2.19. The molecule has 0 aliphatic carbocycles. The molecule has 0 amide bonds. The number of carbonyl (C=O) groups is 1. The predicted molar refractivity (Wildman–Crippen MR) is 61.1 cm³/mol. The first-order chi connectivity index (χ1) is 7.34. The van der Waals surface area contributed by atoms with Crippen LogP contribution in [0.4, 0.5) is 5.69 Å². The van der Waals surface area contributed by atoms with Crippen molar-refractivity contribution in [2.45, 2.75) is 6.10 Å². The second-order valence-corrected chi connectivity index (χ2v) is 4.53. The molecule has 0 saturated heterocycles. The van der Waals surface area contributed by atoms with E-state index >= 15 is 0 Å². The minimum Gasteiger partial charge on any atom is -0.479 e. The van der Waals surface area contributed by atoms with Crippen LogP contribution < -0.4 is 0 Å². The molecule has 0 spiro atoms. The van der Waals surface area contributed by atoms with Gasteiger partial charge < -0.3 is 10.2 Å². The summed E-state index contributed by atoms with van der Waals surface area (Å²) in [6, 6.07) is 2.51. The van der Waals surface area contributed by atoms with Crippen molar-refractivity contribution in [3.05, 3.63) is 36.8 Å². The minimum atomic E-state index is -1.81. The number of carboxylic acid groups (broad SMARTS) is 1. The Bertz CT molecular complexity index is 462. The zero-order chi connectivity index (χ0) is 12.5. The van der Waals surface area contributed by atoms with E-state index in [2.05, 4.69) is 31.9 Å². The smallest absolute Gasteiger partial charge is 0.337 e. The van der Waals surface area contributed by atoms with Crippen molar-refractivity contribution in [2.24, 2.45) is 0 Å². The minimum absolute atomic E-state index is 0.0457. The van der Waals surface area contributed by atoms with Gasteiger partial charge in [-0.1, -0.05) is 15.9 Å². The van der Waals surface area contributed by atoms with Gasteiger partial charge in [-0.05, 0) is 22.0 Å². The zero-order valence-corrected chi connectivity index (χ0v) is 10.7. The number of nitro benzene ring substituents is 1. The lowest BCUT2D eigenvalue weighted by Crippen LogP contribution is -2.11. The third kappa shape index (κ3) is 2.57. The Morgan fingerprint density at radius 2 is 2.00 bits per heavy atom. The highest BCUT2D eigenvalue weighted by molar-refractivity contribution is 9.11. The molecule has 0 aliphatic rings. The van der Waals surface area contributed by atoms with Crippen LogP contribution in [0, 0.1) is 10.1 Å². The van der Waals surface area contributed by atoms with E-state index in [0.29, 0.717) is 4.47 Å². The molecular weight excluding hydrogens is 350 g/mol. The molecular formula is C8H5Br2NO5. The monoisotopic (exact) mass is 353 g/mol. The van der Waals surface area contributed by atoms with Crippen LogP contribution in [0.15, 0.2) is 21.1 Å². The van der Waals surface area contributed by atoms with Crippen molar-refractivity contribution in [1.29, 1.82) is 0 Å². The van der Waals surface area contributed by atoms with E-state index in [1.54, 1.807) is 0 Å². The second-order valence-electron chi connectivity index (χ2n) is 2.83. The molecule has 16 heavy (non-hydrogen) atoms. The zero-order valence-electron chi connectivity index (χ0n) is 7.55. The summed E-state index contributed by atoms with van der Waals surface area (Å²) < 4.78 is 0.272. The number of nitrogens with zero attached hydrogens (tertiary/aromatic N) is 1. The summed E-state index contributed by atoms with van der Waals surface area (Å²) in [5.41, 5.74) is -0.391. The topological polar surface area (TPSA) is 101 Å². The van der Waals surface area contributed by atoms with E-state index in [1.165, 1.54) is 12.1 Å². The number of benzene rings is 1. The SMILES string of the molecule is O=C(O)C(O)c1cc(Br)cc([N+](=O)[O-])c1Br. The molecule has 0 aromatic heterocycles. The summed E-state index contributed by atoms with van der Waals surface area (Å²) in [5, 5.41) is 28.6. The molecule has 6 nitrogen and oxygen atoms in total. The normalized spacial score (nSPS) is 12.2. The molecule has 0 bridgehead atoms. The summed E-state index contributed by atoms with van der Waals surface area (Å²) >= 11 is 5.90. The Balaban J connectivity index is 3.40. The summed E-state index contributed by atoms with van der Waals surface area (Å²) in [4.78, 5) is 20.6. The number of carboxylic acids is 1. The Morgan fingerprint density at radius 1 is 1.44 bits per heavy atom. The van der Waals surface area contributed by atoms with Gasteiger partial charge in [0, 0.05) is 16.1 Å². The number of hydrogen-bond donors (Lipinski definition) is 2. The number of nitro groups is 1. The molecule has 1 aromatic carbocycles. The summed E-state index contributed by atoms with van der Waals surface area (Å²) in [6.45, 7) is 0. The number of halogens is 2. The van der Waals surface area contributed by atoms with Crippen LogP contribution in [0.25, 0.3) is 0 Å². The van der Waals surface area contributed by atoms with Crippen LogP contribution in [-0.2, 0) is 4.79 Å². The summed E-state index contributed by atoms with van der Waals surface area (Å²) in [7, 11) is 0. The van der Waals surface area contributed by atoms with E-state index in [0.717, 1.165) is 0 Å². The first-order valence-corrected chi connectivity index (χ1v) is 5.47. The highest BCUT2D eigenvalue weighted by Gasteiger charge is 2.25. The van der Waals surface area contributed by atoms with Crippen LogP contribution in [0.5, 0.6) is 0 Å². The van der Waals surface area contributed by atoms with Crippen LogP contribution in [0.1, 0.15) is 11.7 Å². The first kappa shape index (κ1) is 13.1. The standard InChI is InChI=1S/C8H5Br2NO5/c9-3-1-4(7(12)8(13)14)6(10)5(2-3)11(15)16/h1-2,7,12H,(H,13,14). The van der Waals surface area contributed by atoms with E-state index in [1.807, 2.05) is 0 Å². The summed E-state index contributed by atoms with van der Waals surface area (Å²) in [5.74, 6) is -1.48. The lowest BCUT2D eigenvalue weighted by Gasteiger charge is -2.09. The molecule has 0 saturated carbocycles. The van der Waals surface area contributed by atoms with Crippen molar-refractivity contribution in [3.8, 4) is 0 Å². The van der Waals surface area contributed by atoms with Crippen LogP contribution in [0.3, 0.4) is 0 Å². The lowest BCUT2D eigenvalue weighted by atomic mass is 10.1. The molecule has 2 N–H and O–H groups in total. The Morgan fingerprint density at radius 3 is 2.44 bits per heavy atom. The molecule has 1 atom stereocenters. The molecule has 1 unspecified atom stereocenters. The quantitative estimate of drug-likeness (QED) is 0.640. The maximum atomic E-state index is 10.6. The molecule has 86 valence electrons. The van der Waals surface area contributed by atoms with Gasteiger partial charge in [-0.25, -0.2) is 4.79 Å². The highest BCUT2D eigenvalue weighted by atomic mass is 79.9. The van der Waals surface area contributed by atoms with Gasteiger partial charge in [-0.2, -0.15) is 0 Å². The third-order valence-corrected chi connectivity index (χ3v) is 3.09. The predicted octanol–water partition coefficient (Wildman–Crippen LogP) is 2.24. The lowest BCUT2D eigenvalue weighted by molar-refractivity contribution is -0.385. The van der Waals surface area contributed by atoms with Gasteiger partial charge >= 0.3 is 5.97 Å². The third-order valence-electron chi connectivity index (χ3n) is 1.77. The molecule has 0 radical (unpaired) electrons. The van der Waals surface area contributed by atoms with Gasteiger partial charge in [-0.15, -0.1) is 0 Å². The highest BCUT2D eigenvalue weighted by Crippen LogP contribution is 2.35. The first-order valence-electron chi connectivity index (χ1n) is 3.88. The maximum Gasteiger partial charge on any atom is 0.337 e. The second kappa shape index (κ2) is 4.89. The van der Waals surface area contributed by atoms with Gasteiger partial charge in [-0.3, -0.25) is 10.1 Å². The number of rotatable bonds is 3. The Labute approximate surface area is 106 Å². The molecule has 0 fully saturated rings. The van der Waals surface area contributed by atoms with Gasteiger partial charge in [0.2, 0.25) is 0 Å². The van der Waals surface area contributed by atoms with Crippen LogP contribution in [-0.4, -0.2) is 21.1 Å². The molecule has 0 heterocycles.